The van der Waals surface area contributed by atoms with E-state index in [0.717, 1.165) is 18.5 Å². The smallest absolute Gasteiger partial charge is 0.0283 e. The van der Waals surface area contributed by atoms with Crippen LogP contribution in [0.4, 0.5) is 0 Å². The highest BCUT2D eigenvalue weighted by Gasteiger charge is 2.40. The normalized spacial score (nSPS) is 31.3. The Labute approximate surface area is 101 Å². The fourth-order valence-corrected chi connectivity index (χ4v) is 3.24. The SMILES string of the molecule is CCCC1CCCCN1CC(C)(N)C1CC1. The lowest BCUT2D eigenvalue weighted by Gasteiger charge is -2.40. The number of likely N-dealkylation sites (tertiary alicyclic amines) is 1. The lowest BCUT2D eigenvalue weighted by atomic mass is 9.92. The van der Waals surface area contributed by atoms with Gasteiger partial charge in [-0.15, -0.1) is 0 Å². The van der Waals surface area contributed by atoms with Gasteiger partial charge in [0.05, 0.1) is 0 Å². The van der Waals surface area contributed by atoms with Crippen molar-refractivity contribution in [3.63, 3.8) is 0 Å². The second-order valence-corrected chi connectivity index (χ2v) is 6.19. The van der Waals surface area contributed by atoms with Gasteiger partial charge >= 0.3 is 0 Å². The van der Waals surface area contributed by atoms with E-state index in [9.17, 15) is 0 Å². The molecule has 0 amide bonds. The molecule has 2 fully saturated rings. The number of hydrogen-bond acceptors (Lipinski definition) is 2. The van der Waals surface area contributed by atoms with Crippen molar-refractivity contribution in [2.24, 2.45) is 11.7 Å². The van der Waals surface area contributed by atoms with Crippen LogP contribution in [0.25, 0.3) is 0 Å². The van der Waals surface area contributed by atoms with Gasteiger partial charge in [-0.25, -0.2) is 0 Å². The molecule has 0 aromatic rings. The first-order chi connectivity index (χ1) is 7.63. The maximum absolute atomic E-state index is 6.47. The first kappa shape index (κ1) is 12.4. The zero-order valence-corrected chi connectivity index (χ0v) is 11.0. The maximum Gasteiger partial charge on any atom is 0.0283 e. The Kier molecular flexibility index (Phi) is 3.91. The van der Waals surface area contributed by atoms with E-state index in [0.29, 0.717) is 0 Å². The van der Waals surface area contributed by atoms with Crippen molar-refractivity contribution in [1.29, 1.82) is 0 Å². The number of rotatable bonds is 5. The third kappa shape index (κ3) is 2.98. The summed E-state index contributed by atoms with van der Waals surface area (Å²) in [5.41, 5.74) is 6.54. The molecule has 1 aliphatic heterocycles. The average molecular weight is 224 g/mol. The largest absolute Gasteiger partial charge is 0.324 e. The Morgan fingerprint density at radius 2 is 2.00 bits per heavy atom. The van der Waals surface area contributed by atoms with Crippen LogP contribution in [0.5, 0.6) is 0 Å². The number of piperidine rings is 1. The van der Waals surface area contributed by atoms with Gasteiger partial charge in [-0.1, -0.05) is 19.8 Å². The van der Waals surface area contributed by atoms with Crippen molar-refractivity contribution in [2.45, 2.75) is 70.4 Å². The highest BCUT2D eigenvalue weighted by atomic mass is 15.2. The highest BCUT2D eigenvalue weighted by Crippen LogP contribution is 2.39. The summed E-state index contributed by atoms with van der Waals surface area (Å²) >= 11 is 0. The predicted molar refractivity (Wildman–Crippen MR) is 69.4 cm³/mol. The van der Waals surface area contributed by atoms with E-state index in [1.165, 1.54) is 51.5 Å². The van der Waals surface area contributed by atoms with Crippen molar-refractivity contribution in [1.82, 2.24) is 4.90 Å². The quantitative estimate of drug-likeness (QED) is 0.778. The van der Waals surface area contributed by atoms with Gasteiger partial charge < -0.3 is 5.73 Å². The number of nitrogens with zero attached hydrogens (tertiary/aromatic N) is 1. The van der Waals surface area contributed by atoms with E-state index in [4.69, 9.17) is 5.73 Å². The summed E-state index contributed by atoms with van der Waals surface area (Å²) in [5.74, 6) is 0.803. The molecule has 2 atom stereocenters. The maximum atomic E-state index is 6.47. The van der Waals surface area contributed by atoms with Gasteiger partial charge in [0.1, 0.15) is 0 Å². The number of nitrogens with two attached hydrogens (primary N) is 1. The molecule has 1 heterocycles. The van der Waals surface area contributed by atoms with Gasteiger partial charge in [-0.3, -0.25) is 4.90 Å². The molecule has 2 N–H and O–H groups in total. The molecule has 0 radical (unpaired) electrons. The molecule has 2 rings (SSSR count). The Balaban J connectivity index is 1.89. The predicted octanol–water partition coefficient (Wildman–Crippen LogP) is 2.77. The summed E-state index contributed by atoms with van der Waals surface area (Å²) in [4.78, 5) is 2.69. The Bertz CT molecular complexity index is 219. The summed E-state index contributed by atoms with van der Waals surface area (Å²) in [6.45, 7) is 6.98. The van der Waals surface area contributed by atoms with Crippen LogP contribution in [0.3, 0.4) is 0 Å². The van der Waals surface area contributed by atoms with Gasteiger partial charge in [-0.2, -0.15) is 0 Å². The first-order valence-electron chi connectivity index (χ1n) is 7.16. The van der Waals surface area contributed by atoms with E-state index in [1.807, 2.05) is 0 Å². The van der Waals surface area contributed by atoms with E-state index in [-0.39, 0.29) is 5.54 Å². The van der Waals surface area contributed by atoms with Crippen molar-refractivity contribution < 1.29 is 0 Å². The van der Waals surface area contributed by atoms with Gasteiger partial charge in [0.25, 0.3) is 0 Å². The van der Waals surface area contributed by atoms with Gasteiger partial charge in [0.15, 0.2) is 0 Å². The molecule has 2 heteroatoms. The highest BCUT2D eigenvalue weighted by molar-refractivity contribution is 4.98. The van der Waals surface area contributed by atoms with Crippen LogP contribution in [-0.2, 0) is 0 Å². The summed E-state index contributed by atoms with van der Waals surface area (Å²) in [7, 11) is 0. The second kappa shape index (κ2) is 5.05. The first-order valence-corrected chi connectivity index (χ1v) is 7.16. The van der Waals surface area contributed by atoms with Crippen molar-refractivity contribution in [3.8, 4) is 0 Å². The van der Waals surface area contributed by atoms with Crippen LogP contribution in [0.15, 0.2) is 0 Å². The Morgan fingerprint density at radius 1 is 1.25 bits per heavy atom. The molecule has 2 unspecified atom stereocenters. The lowest BCUT2D eigenvalue weighted by Crippen LogP contribution is -2.53. The van der Waals surface area contributed by atoms with Crippen LogP contribution in [-0.4, -0.2) is 29.6 Å². The van der Waals surface area contributed by atoms with Crippen molar-refractivity contribution in [3.05, 3.63) is 0 Å². The lowest BCUT2D eigenvalue weighted by molar-refractivity contribution is 0.105. The molecule has 2 nitrogen and oxygen atoms in total. The molecular formula is C14H28N2. The van der Waals surface area contributed by atoms with Crippen LogP contribution >= 0.6 is 0 Å². The molecule has 16 heavy (non-hydrogen) atoms. The summed E-state index contributed by atoms with van der Waals surface area (Å²) in [5, 5.41) is 0. The minimum absolute atomic E-state index is 0.0727. The van der Waals surface area contributed by atoms with Gasteiger partial charge in [0.2, 0.25) is 0 Å². The van der Waals surface area contributed by atoms with E-state index < -0.39 is 0 Å². The van der Waals surface area contributed by atoms with Gasteiger partial charge in [-0.05, 0) is 51.5 Å². The third-order valence-corrected chi connectivity index (χ3v) is 4.42. The molecule has 0 spiro atoms. The van der Waals surface area contributed by atoms with Crippen LogP contribution in [0.1, 0.15) is 58.8 Å². The average Bonchev–Trinajstić information content (AvgIpc) is 3.04. The zero-order valence-electron chi connectivity index (χ0n) is 11.0. The number of hydrogen-bond donors (Lipinski definition) is 1. The molecule has 0 aromatic heterocycles. The fraction of sp³-hybridized carbons (Fsp3) is 1.00. The Morgan fingerprint density at radius 3 is 2.62 bits per heavy atom. The molecule has 94 valence electrons. The van der Waals surface area contributed by atoms with Crippen molar-refractivity contribution >= 4 is 0 Å². The van der Waals surface area contributed by atoms with E-state index in [2.05, 4.69) is 18.7 Å². The second-order valence-electron chi connectivity index (χ2n) is 6.19. The Hall–Kier alpha value is -0.0800. The zero-order chi connectivity index (χ0) is 11.6. The van der Waals surface area contributed by atoms with Crippen LogP contribution in [0.2, 0.25) is 0 Å². The fourth-order valence-electron chi connectivity index (χ4n) is 3.24. The van der Waals surface area contributed by atoms with Crippen molar-refractivity contribution in [2.75, 3.05) is 13.1 Å². The summed E-state index contributed by atoms with van der Waals surface area (Å²) < 4.78 is 0. The monoisotopic (exact) mass is 224 g/mol. The van der Waals surface area contributed by atoms with Crippen LogP contribution in [0, 0.1) is 5.92 Å². The molecule has 2 aliphatic rings. The topological polar surface area (TPSA) is 29.3 Å². The molecule has 1 saturated carbocycles. The summed E-state index contributed by atoms with van der Waals surface area (Å²) in [6.07, 6.45) is 9.59. The molecule has 1 saturated heterocycles. The third-order valence-electron chi connectivity index (χ3n) is 4.42. The molecular weight excluding hydrogens is 196 g/mol. The molecule has 0 aromatic carbocycles. The molecule has 0 bridgehead atoms. The standard InChI is InChI=1S/C14H28N2/c1-3-6-13-7-4-5-10-16(13)11-14(2,15)12-8-9-12/h12-13H,3-11,15H2,1-2H3. The van der Waals surface area contributed by atoms with Crippen LogP contribution < -0.4 is 5.73 Å². The van der Waals surface area contributed by atoms with E-state index in [1.54, 1.807) is 0 Å². The summed E-state index contributed by atoms with van der Waals surface area (Å²) in [6, 6.07) is 0.820. The van der Waals surface area contributed by atoms with E-state index >= 15 is 0 Å². The van der Waals surface area contributed by atoms with Gasteiger partial charge in [0, 0.05) is 18.1 Å². The molecule has 1 aliphatic carbocycles. The minimum Gasteiger partial charge on any atom is -0.324 e. The minimum atomic E-state index is 0.0727.